The van der Waals surface area contributed by atoms with Crippen molar-refractivity contribution < 1.29 is 19.0 Å². The maximum Gasteiger partial charge on any atom is 0.256 e. The van der Waals surface area contributed by atoms with Gasteiger partial charge in [-0.1, -0.05) is 24.3 Å². The third-order valence-corrected chi connectivity index (χ3v) is 4.52. The van der Waals surface area contributed by atoms with Crippen molar-refractivity contribution in [3.05, 3.63) is 59.9 Å². The van der Waals surface area contributed by atoms with Crippen molar-refractivity contribution >= 4 is 11.6 Å². The van der Waals surface area contributed by atoms with Crippen molar-refractivity contribution in [2.45, 2.75) is 18.9 Å². The molecule has 138 valence electrons. The van der Waals surface area contributed by atoms with Gasteiger partial charge in [0.05, 0.1) is 18.2 Å². The van der Waals surface area contributed by atoms with E-state index in [9.17, 15) is 14.3 Å². The predicted octanol–water partition coefficient (Wildman–Crippen LogP) is 2.91. The Balaban J connectivity index is 1.60. The van der Waals surface area contributed by atoms with Crippen molar-refractivity contribution in [2.24, 2.45) is 0 Å². The zero-order valence-electron chi connectivity index (χ0n) is 14.5. The number of halogens is 1. The summed E-state index contributed by atoms with van der Waals surface area (Å²) >= 11 is 0. The van der Waals surface area contributed by atoms with E-state index in [1.807, 2.05) is 18.2 Å². The molecule has 1 atom stereocenters. The van der Waals surface area contributed by atoms with E-state index >= 15 is 0 Å². The van der Waals surface area contributed by atoms with E-state index in [0.29, 0.717) is 24.3 Å². The molecule has 0 aliphatic carbocycles. The molecule has 0 aromatic heterocycles. The fraction of sp³-hybridized carbons (Fsp3) is 0.350. The van der Waals surface area contributed by atoms with Gasteiger partial charge in [0.15, 0.2) is 11.6 Å². The minimum Gasteiger partial charge on any atom is -0.489 e. The molecule has 2 aromatic rings. The molecule has 1 aliphatic heterocycles. The fourth-order valence-corrected chi connectivity index (χ4v) is 3.18. The molecule has 0 spiro atoms. The summed E-state index contributed by atoms with van der Waals surface area (Å²) < 4.78 is 19.0. The zero-order chi connectivity index (χ0) is 18.4. The van der Waals surface area contributed by atoms with Crippen molar-refractivity contribution in [1.82, 2.24) is 4.90 Å². The van der Waals surface area contributed by atoms with Crippen LogP contribution in [-0.2, 0) is 0 Å². The average molecular weight is 358 g/mol. The summed E-state index contributed by atoms with van der Waals surface area (Å²) in [4.78, 5) is 14.6. The Labute approximate surface area is 152 Å². The van der Waals surface area contributed by atoms with Crippen LogP contribution in [0.15, 0.2) is 48.5 Å². The number of aliphatic hydroxyl groups excluding tert-OH is 1. The largest absolute Gasteiger partial charge is 0.489 e. The maximum absolute atomic E-state index is 13.5. The Morgan fingerprint density at radius 2 is 2.00 bits per heavy atom. The second-order valence-electron chi connectivity index (χ2n) is 6.23. The number of carbonyl (C=O) groups is 1. The van der Waals surface area contributed by atoms with Crippen LogP contribution >= 0.6 is 0 Å². The number of likely N-dealkylation sites (tertiary alicyclic amines) is 1. The quantitative estimate of drug-likeness (QED) is 0.747. The minimum absolute atomic E-state index is 0.0161. The molecule has 1 aliphatic rings. The number of para-hydroxylation sites is 2. The second kappa shape index (κ2) is 8.67. The van der Waals surface area contributed by atoms with E-state index in [-0.39, 0.29) is 30.9 Å². The summed E-state index contributed by atoms with van der Waals surface area (Å²) in [5, 5.41) is 12.6. The van der Waals surface area contributed by atoms with Crippen LogP contribution in [0.25, 0.3) is 0 Å². The highest BCUT2D eigenvalue weighted by molar-refractivity contribution is 5.99. The van der Waals surface area contributed by atoms with Crippen LogP contribution in [0.5, 0.6) is 5.75 Å². The van der Waals surface area contributed by atoms with Gasteiger partial charge in [-0.25, -0.2) is 4.39 Å². The molecule has 6 heteroatoms. The third kappa shape index (κ3) is 4.14. The third-order valence-electron chi connectivity index (χ3n) is 4.52. The Hall–Kier alpha value is -2.60. The summed E-state index contributed by atoms with van der Waals surface area (Å²) in [5.74, 6) is -0.270. The number of anilines is 1. The number of rotatable bonds is 7. The topological polar surface area (TPSA) is 61.8 Å². The van der Waals surface area contributed by atoms with Crippen molar-refractivity contribution in [3.8, 4) is 5.75 Å². The number of hydrogen-bond donors (Lipinski definition) is 2. The second-order valence-corrected chi connectivity index (χ2v) is 6.23. The van der Waals surface area contributed by atoms with E-state index in [0.717, 1.165) is 12.8 Å². The molecular formula is C20H23FN2O3. The van der Waals surface area contributed by atoms with Crippen molar-refractivity contribution in [2.75, 3.05) is 31.6 Å². The summed E-state index contributed by atoms with van der Waals surface area (Å²) in [5.41, 5.74) is 1.27. The fourth-order valence-electron chi connectivity index (χ4n) is 3.18. The van der Waals surface area contributed by atoms with Crippen molar-refractivity contribution in [1.29, 1.82) is 0 Å². The molecule has 1 saturated heterocycles. The number of hydrogen-bond acceptors (Lipinski definition) is 4. The summed E-state index contributed by atoms with van der Waals surface area (Å²) in [7, 11) is 0. The van der Waals surface area contributed by atoms with Crippen LogP contribution in [0, 0.1) is 5.82 Å². The smallest absolute Gasteiger partial charge is 0.256 e. The number of aliphatic hydroxyl groups is 1. The molecule has 26 heavy (non-hydrogen) atoms. The van der Waals surface area contributed by atoms with Crippen LogP contribution in [0.2, 0.25) is 0 Å². The first kappa shape index (κ1) is 18.2. The Morgan fingerprint density at radius 3 is 2.81 bits per heavy atom. The highest BCUT2D eigenvalue weighted by atomic mass is 19.1. The van der Waals surface area contributed by atoms with Gasteiger partial charge < -0.3 is 20.1 Å². The van der Waals surface area contributed by atoms with Gasteiger partial charge >= 0.3 is 0 Å². The number of benzene rings is 2. The first-order valence-electron chi connectivity index (χ1n) is 8.82. The molecule has 0 saturated carbocycles. The van der Waals surface area contributed by atoms with Gasteiger partial charge in [-0.2, -0.15) is 0 Å². The highest BCUT2D eigenvalue weighted by Gasteiger charge is 2.29. The molecule has 1 unspecified atom stereocenters. The van der Waals surface area contributed by atoms with E-state index in [1.165, 1.54) is 6.07 Å². The number of nitrogens with zero attached hydrogens (tertiary/aromatic N) is 1. The summed E-state index contributed by atoms with van der Waals surface area (Å²) in [6.45, 7) is 1.35. The summed E-state index contributed by atoms with van der Waals surface area (Å²) in [6, 6.07) is 13.4. The van der Waals surface area contributed by atoms with Crippen molar-refractivity contribution in [3.63, 3.8) is 0 Å². The SMILES string of the molecule is O=C(c1ccccc1NCCOc1ccccc1F)N1CCCC1CO. The van der Waals surface area contributed by atoms with Crippen LogP contribution in [0.1, 0.15) is 23.2 Å². The predicted molar refractivity (Wildman–Crippen MR) is 98.0 cm³/mol. The molecule has 1 fully saturated rings. The normalized spacial score (nSPS) is 16.5. The molecular weight excluding hydrogens is 335 g/mol. The number of amides is 1. The molecule has 2 aromatic carbocycles. The van der Waals surface area contributed by atoms with E-state index in [4.69, 9.17) is 4.74 Å². The standard InChI is InChI=1S/C20H23FN2O3/c21-17-8-2-4-10-19(17)26-13-11-22-18-9-3-1-7-16(18)20(25)23-12-5-6-15(23)14-24/h1-4,7-10,15,22,24H,5-6,11-14H2. The zero-order valence-corrected chi connectivity index (χ0v) is 14.5. The maximum atomic E-state index is 13.5. The van der Waals surface area contributed by atoms with Gasteiger partial charge in [0.1, 0.15) is 6.61 Å². The monoisotopic (exact) mass is 358 g/mol. The molecule has 0 bridgehead atoms. The van der Waals surface area contributed by atoms with Gasteiger partial charge in [0.25, 0.3) is 5.91 Å². The molecule has 1 heterocycles. The molecule has 2 N–H and O–H groups in total. The Kier molecular flexibility index (Phi) is 6.07. The summed E-state index contributed by atoms with van der Waals surface area (Å²) in [6.07, 6.45) is 1.73. The first-order chi connectivity index (χ1) is 12.7. The van der Waals surface area contributed by atoms with Gasteiger partial charge in [0, 0.05) is 18.8 Å². The molecule has 5 nitrogen and oxygen atoms in total. The average Bonchev–Trinajstić information content (AvgIpc) is 3.15. The Morgan fingerprint density at radius 1 is 1.23 bits per heavy atom. The first-order valence-corrected chi connectivity index (χ1v) is 8.82. The number of carbonyl (C=O) groups excluding carboxylic acids is 1. The number of ether oxygens (including phenoxy) is 1. The van der Waals surface area contributed by atoms with Gasteiger partial charge in [0.2, 0.25) is 0 Å². The highest BCUT2D eigenvalue weighted by Crippen LogP contribution is 2.23. The molecule has 1 amide bonds. The Bertz CT molecular complexity index is 753. The molecule has 0 radical (unpaired) electrons. The van der Waals surface area contributed by atoms with Gasteiger partial charge in [-0.3, -0.25) is 4.79 Å². The van der Waals surface area contributed by atoms with Crippen LogP contribution < -0.4 is 10.1 Å². The van der Waals surface area contributed by atoms with E-state index < -0.39 is 5.82 Å². The lowest BCUT2D eigenvalue weighted by molar-refractivity contribution is 0.0678. The van der Waals surface area contributed by atoms with E-state index in [2.05, 4.69) is 5.32 Å². The van der Waals surface area contributed by atoms with Crippen LogP contribution in [0.4, 0.5) is 10.1 Å². The lowest BCUT2D eigenvalue weighted by Crippen LogP contribution is -2.38. The molecule has 3 rings (SSSR count). The van der Waals surface area contributed by atoms with Gasteiger partial charge in [-0.15, -0.1) is 0 Å². The van der Waals surface area contributed by atoms with E-state index in [1.54, 1.807) is 29.2 Å². The van der Waals surface area contributed by atoms with Crippen LogP contribution in [-0.4, -0.2) is 48.3 Å². The minimum atomic E-state index is -0.396. The van der Waals surface area contributed by atoms with Crippen LogP contribution in [0.3, 0.4) is 0 Å². The van der Waals surface area contributed by atoms with Gasteiger partial charge in [-0.05, 0) is 37.1 Å². The lowest BCUT2D eigenvalue weighted by atomic mass is 10.1. The number of nitrogens with one attached hydrogen (secondary N) is 1. The lowest BCUT2D eigenvalue weighted by Gasteiger charge is -2.24.